The van der Waals surface area contributed by atoms with E-state index >= 15 is 0 Å². The van der Waals surface area contributed by atoms with E-state index in [0.717, 1.165) is 31.4 Å². The maximum absolute atomic E-state index is 9.67. The Balaban J connectivity index is 1.83. The molecule has 0 radical (unpaired) electrons. The first-order chi connectivity index (χ1) is 8.16. The Morgan fingerprint density at radius 3 is 2.88 bits per heavy atom. The molecular weight excluding hydrogens is 238 g/mol. The number of aliphatic hydroxyl groups excluding tert-OH is 1. The fourth-order valence-corrected chi connectivity index (χ4v) is 2.54. The fraction of sp³-hybridized carbons (Fsp3) is 0.538. The van der Waals surface area contributed by atoms with Crippen LogP contribution in [0.25, 0.3) is 0 Å². The SMILES string of the molecule is Oc1ccc(Cl)cc1CNCC1CCCC1O. The third kappa shape index (κ3) is 3.35. The second kappa shape index (κ2) is 5.71. The molecule has 94 valence electrons. The van der Waals surface area contributed by atoms with E-state index in [4.69, 9.17) is 11.6 Å². The van der Waals surface area contributed by atoms with E-state index in [0.29, 0.717) is 17.5 Å². The first kappa shape index (κ1) is 12.7. The maximum atomic E-state index is 9.67. The number of rotatable bonds is 4. The Bertz CT molecular complexity index is 384. The van der Waals surface area contributed by atoms with Crippen molar-refractivity contribution in [2.24, 2.45) is 5.92 Å². The van der Waals surface area contributed by atoms with Crippen molar-refractivity contribution in [2.45, 2.75) is 31.9 Å². The number of phenols is 1. The Labute approximate surface area is 106 Å². The minimum Gasteiger partial charge on any atom is -0.508 e. The summed E-state index contributed by atoms with van der Waals surface area (Å²) in [5, 5.41) is 23.2. The lowest BCUT2D eigenvalue weighted by Gasteiger charge is -2.15. The highest BCUT2D eigenvalue weighted by molar-refractivity contribution is 6.30. The topological polar surface area (TPSA) is 52.5 Å². The number of aromatic hydroxyl groups is 1. The van der Waals surface area contributed by atoms with Gasteiger partial charge in [-0.1, -0.05) is 18.0 Å². The summed E-state index contributed by atoms with van der Waals surface area (Å²) in [7, 11) is 0. The van der Waals surface area contributed by atoms with Gasteiger partial charge in [0, 0.05) is 23.7 Å². The molecule has 0 aliphatic heterocycles. The number of phenolic OH excluding ortho intramolecular Hbond substituents is 1. The van der Waals surface area contributed by atoms with Crippen LogP contribution >= 0.6 is 11.6 Å². The van der Waals surface area contributed by atoms with Crippen LogP contribution in [0.15, 0.2) is 18.2 Å². The van der Waals surface area contributed by atoms with Crippen LogP contribution in [0.1, 0.15) is 24.8 Å². The van der Waals surface area contributed by atoms with Crippen molar-refractivity contribution in [3.8, 4) is 5.75 Å². The van der Waals surface area contributed by atoms with Gasteiger partial charge in [-0.2, -0.15) is 0 Å². The van der Waals surface area contributed by atoms with Gasteiger partial charge in [0.2, 0.25) is 0 Å². The summed E-state index contributed by atoms with van der Waals surface area (Å²) >= 11 is 5.87. The van der Waals surface area contributed by atoms with Crippen molar-refractivity contribution in [3.63, 3.8) is 0 Å². The van der Waals surface area contributed by atoms with Crippen LogP contribution in [0.2, 0.25) is 5.02 Å². The first-order valence-corrected chi connectivity index (χ1v) is 6.41. The van der Waals surface area contributed by atoms with E-state index in [2.05, 4.69) is 5.32 Å². The van der Waals surface area contributed by atoms with Gasteiger partial charge >= 0.3 is 0 Å². The summed E-state index contributed by atoms with van der Waals surface area (Å²) in [6.45, 7) is 1.36. The molecule has 2 rings (SSSR count). The molecule has 0 saturated heterocycles. The van der Waals surface area contributed by atoms with Crippen molar-refractivity contribution in [1.29, 1.82) is 0 Å². The Morgan fingerprint density at radius 1 is 1.35 bits per heavy atom. The molecule has 2 unspecified atom stereocenters. The summed E-state index contributed by atoms with van der Waals surface area (Å²) in [6, 6.07) is 5.03. The molecule has 4 heteroatoms. The zero-order valence-electron chi connectivity index (χ0n) is 9.69. The monoisotopic (exact) mass is 255 g/mol. The van der Waals surface area contributed by atoms with Gasteiger partial charge in [0.15, 0.2) is 0 Å². The van der Waals surface area contributed by atoms with Gasteiger partial charge in [0.05, 0.1) is 6.10 Å². The van der Waals surface area contributed by atoms with E-state index in [-0.39, 0.29) is 11.9 Å². The quantitative estimate of drug-likeness (QED) is 0.774. The van der Waals surface area contributed by atoms with Crippen LogP contribution < -0.4 is 5.32 Å². The van der Waals surface area contributed by atoms with Crippen LogP contribution in [-0.4, -0.2) is 22.9 Å². The zero-order valence-corrected chi connectivity index (χ0v) is 10.5. The third-order valence-electron chi connectivity index (χ3n) is 3.38. The first-order valence-electron chi connectivity index (χ1n) is 6.03. The van der Waals surface area contributed by atoms with Crippen molar-refractivity contribution in [2.75, 3.05) is 6.54 Å². The lowest BCUT2D eigenvalue weighted by Crippen LogP contribution is -2.27. The third-order valence-corrected chi connectivity index (χ3v) is 3.62. The van der Waals surface area contributed by atoms with Crippen LogP contribution in [0.3, 0.4) is 0 Å². The molecule has 1 aromatic rings. The number of aliphatic hydroxyl groups is 1. The highest BCUT2D eigenvalue weighted by Gasteiger charge is 2.24. The van der Waals surface area contributed by atoms with Crippen molar-refractivity contribution in [1.82, 2.24) is 5.32 Å². The molecule has 0 bridgehead atoms. The molecule has 1 fully saturated rings. The number of hydrogen-bond acceptors (Lipinski definition) is 3. The Kier molecular flexibility index (Phi) is 4.26. The van der Waals surface area contributed by atoms with Crippen LogP contribution in [0.5, 0.6) is 5.75 Å². The molecule has 1 aromatic carbocycles. The molecule has 3 N–H and O–H groups in total. The Morgan fingerprint density at radius 2 is 2.18 bits per heavy atom. The Hall–Kier alpha value is -0.770. The molecular formula is C13H18ClNO2. The largest absolute Gasteiger partial charge is 0.508 e. The summed E-state index contributed by atoms with van der Waals surface area (Å²) in [5.74, 6) is 0.602. The lowest BCUT2D eigenvalue weighted by atomic mass is 10.1. The normalized spacial score (nSPS) is 24.1. The number of benzene rings is 1. The molecule has 1 saturated carbocycles. The van der Waals surface area contributed by atoms with E-state index in [1.54, 1.807) is 18.2 Å². The van der Waals surface area contributed by atoms with Gasteiger partial charge in [0.1, 0.15) is 5.75 Å². The standard InChI is InChI=1S/C13H18ClNO2/c14-11-4-5-13(17)10(6-11)8-15-7-9-2-1-3-12(9)16/h4-6,9,12,15-17H,1-3,7-8H2. The van der Waals surface area contributed by atoms with Crippen molar-refractivity contribution < 1.29 is 10.2 Å². The number of hydrogen-bond donors (Lipinski definition) is 3. The molecule has 2 atom stereocenters. The van der Waals surface area contributed by atoms with E-state index in [1.807, 2.05) is 0 Å². The summed E-state index contributed by atoms with van der Waals surface area (Å²) in [5.41, 5.74) is 0.796. The summed E-state index contributed by atoms with van der Waals surface area (Å²) < 4.78 is 0. The van der Waals surface area contributed by atoms with Crippen molar-refractivity contribution >= 4 is 11.6 Å². The highest BCUT2D eigenvalue weighted by atomic mass is 35.5. The average Bonchev–Trinajstić information content (AvgIpc) is 2.70. The van der Waals surface area contributed by atoms with Crippen LogP contribution in [-0.2, 0) is 6.54 Å². The zero-order chi connectivity index (χ0) is 12.3. The van der Waals surface area contributed by atoms with E-state index < -0.39 is 0 Å². The summed E-state index contributed by atoms with van der Waals surface area (Å²) in [6.07, 6.45) is 2.93. The second-order valence-corrected chi connectivity index (χ2v) is 5.10. The molecule has 17 heavy (non-hydrogen) atoms. The molecule has 1 aliphatic carbocycles. The molecule has 0 aromatic heterocycles. The smallest absolute Gasteiger partial charge is 0.120 e. The van der Waals surface area contributed by atoms with Crippen LogP contribution in [0, 0.1) is 5.92 Å². The van der Waals surface area contributed by atoms with Gasteiger partial charge in [0.25, 0.3) is 0 Å². The average molecular weight is 256 g/mol. The van der Waals surface area contributed by atoms with Gasteiger partial charge in [-0.25, -0.2) is 0 Å². The van der Waals surface area contributed by atoms with Gasteiger partial charge in [-0.15, -0.1) is 0 Å². The summed E-state index contributed by atoms with van der Waals surface area (Å²) in [4.78, 5) is 0. The van der Waals surface area contributed by atoms with Crippen molar-refractivity contribution in [3.05, 3.63) is 28.8 Å². The molecule has 0 amide bonds. The molecule has 1 aliphatic rings. The lowest BCUT2D eigenvalue weighted by molar-refractivity contribution is 0.131. The molecule has 0 heterocycles. The van der Waals surface area contributed by atoms with Crippen LogP contribution in [0.4, 0.5) is 0 Å². The number of halogens is 1. The van der Waals surface area contributed by atoms with E-state index in [9.17, 15) is 10.2 Å². The van der Waals surface area contributed by atoms with E-state index in [1.165, 1.54) is 0 Å². The highest BCUT2D eigenvalue weighted by Crippen LogP contribution is 2.25. The predicted molar refractivity (Wildman–Crippen MR) is 68.2 cm³/mol. The fourth-order valence-electron chi connectivity index (χ4n) is 2.34. The minimum absolute atomic E-state index is 0.171. The van der Waals surface area contributed by atoms with Gasteiger partial charge in [-0.05, 0) is 37.0 Å². The number of nitrogens with one attached hydrogen (secondary N) is 1. The molecule has 3 nitrogen and oxygen atoms in total. The van der Waals surface area contributed by atoms with Gasteiger partial charge < -0.3 is 15.5 Å². The maximum Gasteiger partial charge on any atom is 0.120 e. The minimum atomic E-state index is -0.171. The van der Waals surface area contributed by atoms with Gasteiger partial charge in [-0.3, -0.25) is 0 Å². The molecule has 0 spiro atoms. The second-order valence-electron chi connectivity index (χ2n) is 4.66. The predicted octanol–water partition coefficient (Wildman–Crippen LogP) is 2.30.